The molecule has 0 unspecified atom stereocenters. The Labute approximate surface area is 251 Å². The molecule has 1 aliphatic carbocycles. The van der Waals surface area contributed by atoms with Crippen LogP contribution in [0.2, 0.25) is 0 Å². The summed E-state index contributed by atoms with van der Waals surface area (Å²) in [5.74, 6) is 8.37. The quantitative estimate of drug-likeness (QED) is 0.289. The molecule has 4 aromatic heterocycles. The third kappa shape index (κ3) is 6.25. The fraction of sp³-hybridized carbons (Fsp3) is 0.433. The van der Waals surface area contributed by atoms with E-state index in [-0.39, 0.29) is 17.3 Å². The maximum atomic E-state index is 12.6. The number of anilines is 3. The van der Waals surface area contributed by atoms with E-state index in [0.29, 0.717) is 41.8 Å². The second-order valence-electron chi connectivity index (χ2n) is 11.9. The monoisotopic (exact) mass is 601 g/mol. The zero-order valence-corrected chi connectivity index (χ0v) is 25.3. The summed E-state index contributed by atoms with van der Waals surface area (Å²) in [6.45, 7) is 6.09. The molecule has 1 aliphatic heterocycles. The molecule has 5 heterocycles. The molecule has 0 amide bonds. The van der Waals surface area contributed by atoms with Gasteiger partial charge in [0.2, 0.25) is 0 Å². The van der Waals surface area contributed by atoms with Gasteiger partial charge in [0, 0.05) is 51.4 Å². The van der Waals surface area contributed by atoms with Gasteiger partial charge in [-0.1, -0.05) is 25.7 Å². The van der Waals surface area contributed by atoms with E-state index in [9.17, 15) is 13.5 Å². The lowest BCUT2D eigenvalue weighted by atomic mass is 9.74. The van der Waals surface area contributed by atoms with Gasteiger partial charge in [-0.05, 0) is 43.1 Å². The molecule has 2 aliphatic rings. The summed E-state index contributed by atoms with van der Waals surface area (Å²) >= 11 is 0. The molecular weight excluding hydrogens is 566 g/mol. The SMILES string of the molecule is Cn1cc(C#Cc2cnc(Nc3ccnc(-c4cnn(S(=O)(=O)C5CC5)c4)n3)cc2N2CCC(C(C)(C)CO)CC2)cn1. The topological polar surface area (TPSA) is 144 Å². The van der Waals surface area contributed by atoms with Gasteiger partial charge in [-0.25, -0.2) is 23.4 Å². The minimum Gasteiger partial charge on any atom is -0.396 e. The van der Waals surface area contributed by atoms with Crippen molar-refractivity contribution in [1.82, 2.24) is 33.9 Å². The highest BCUT2D eigenvalue weighted by atomic mass is 32.2. The molecule has 224 valence electrons. The van der Waals surface area contributed by atoms with Crippen LogP contribution in [-0.4, -0.2) is 72.4 Å². The first-order chi connectivity index (χ1) is 20.6. The van der Waals surface area contributed by atoms with Crippen molar-refractivity contribution in [2.24, 2.45) is 18.4 Å². The third-order valence-electron chi connectivity index (χ3n) is 8.21. The molecule has 12 nitrogen and oxygen atoms in total. The molecular formula is C30H35N9O3S. The van der Waals surface area contributed by atoms with E-state index in [1.165, 1.54) is 12.4 Å². The Bertz CT molecular complexity index is 1790. The number of aliphatic hydroxyl groups excluding tert-OH is 1. The van der Waals surface area contributed by atoms with Gasteiger partial charge in [-0.2, -0.15) is 14.3 Å². The van der Waals surface area contributed by atoms with Crippen molar-refractivity contribution in [3.8, 4) is 23.2 Å². The molecule has 0 atom stereocenters. The highest BCUT2D eigenvalue weighted by molar-refractivity contribution is 7.90. The molecule has 0 aromatic carbocycles. The van der Waals surface area contributed by atoms with Crippen molar-refractivity contribution in [2.75, 3.05) is 29.9 Å². The summed E-state index contributed by atoms with van der Waals surface area (Å²) < 4.78 is 27.9. The van der Waals surface area contributed by atoms with Gasteiger partial charge in [0.05, 0.1) is 46.2 Å². The Morgan fingerprint density at radius 2 is 1.81 bits per heavy atom. The summed E-state index contributed by atoms with van der Waals surface area (Å²) in [6, 6.07) is 3.71. The summed E-state index contributed by atoms with van der Waals surface area (Å²) in [7, 11) is -1.62. The van der Waals surface area contributed by atoms with Gasteiger partial charge in [-0.15, -0.1) is 0 Å². The van der Waals surface area contributed by atoms with Crippen LogP contribution in [0.3, 0.4) is 0 Å². The maximum absolute atomic E-state index is 12.6. The average Bonchev–Trinajstić information content (AvgIpc) is 3.61. The third-order valence-corrected chi connectivity index (χ3v) is 10.2. The zero-order valence-electron chi connectivity index (χ0n) is 24.5. The van der Waals surface area contributed by atoms with E-state index in [1.54, 1.807) is 29.3 Å². The number of nitrogens with zero attached hydrogens (tertiary/aromatic N) is 8. The van der Waals surface area contributed by atoms with E-state index in [0.717, 1.165) is 46.8 Å². The average molecular weight is 602 g/mol. The van der Waals surface area contributed by atoms with Crippen LogP contribution in [0.5, 0.6) is 0 Å². The molecule has 4 aromatic rings. The fourth-order valence-corrected chi connectivity index (χ4v) is 6.78. The lowest BCUT2D eigenvalue weighted by Gasteiger charge is -2.41. The van der Waals surface area contributed by atoms with Gasteiger partial charge in [0.25, 0.3) is 10.0 Å². The molecule has 2 fully saturated rings. The van der Waals surface area contributed by atoms with Crippen LogP contribution in [0.15, 0.2) is 49.3 Å². The molecule has 1 saturated heterocycles. The fourth-order valence-electron chi connectivity index (χ4n) is 5.30. The van der Waals surface area contributed by atoms with Crippen molar-refractivity contribution >= 4 is 27.3 Å². The smallest absolute Gasteiger partial charge is 0.256 e. The number of aliphatic hydroxyl groups is 1. The summed E-state index contributed by atoms with van der Waals surface area (Å²) in [5, 5.41) is 21.1. The maximum Gasteiger partial charge on any atom is 0.256 e. The van der Waals surface area contributed by atoms with Crippen molar-refractivity contribution in [3.63, 3.8) is 0 Å². The van der Waals surface area contributed by atoms with Gasteiger partial charge in [-0.3, -0.25) is 4.68 Å². The molecule has 6 rings (SSSR count). The minimum atomic E-state index is -3.47. The Balaban J connectivity index is 1.26. The molecule has 0 spiro atoms. The predicted molar refractivity (Wildman–Crippen MR) is 163 cm³/mol. The molecule has 0 radical (unpaired) electrons. The van der Waals surface area contributed by atoms with Crippen molar-refractivity contribution < 1.29 is 13.5 Å². The van der Waals surface area contributed by atoms with Gasteiger partial charge < -0.3 is 15.3 Å². The van der Waals surface area contributed by atoms with E-state index in [2.05, 4.69) is 61.1 Å². The Kier molecular flexibility index (Phi) is 7.66. The first-order valence-corrected chi connectivity index (χ1v) is 15.9. The lowest BCUT2D eigenvalue weighted by Crippen LogP contribution is -2.40. The van der Waals surface area contributed by atoms with Gasteiger partial charge in [0.15, 0.2) is 5.82 Å². The van der Waals surface area contributed by atoms with E-state index < -0.39 is 10.0 Å². The number of piperidine rings is 1. The number of pyridine rings is 1. The van der Waals surface area contributed by atoms with Crippen molar-refractivity contribution in [3.05, 3.63) is 60.4 Å². The van der Waals surface area contributed by atoms with Crippen molar-refractivity contribution in [2.45, 2.75) is 44.8 Å². The number of aromatic nitrogens is 7. The van der Waals surface area contributed by atoms with Crippen molar-refractivity contribution in [1.29, 1.82) is 0 Å². The number of hydrogen-bond acceptors (Lipinski definition) is 10. The predicted octanol–water partition coefficient (Wildman–Crippen LogP) is 3.19. The van der Waals surface area contributed by atoms with E-state index in [1.807, 2.05) is 19.3 Å². The molecule has 43 heavy (non-hydrogen) atoms. The Morgan fingerprint density at radius 1 is 1.02 bits per heavy atom. The van der Waals surface area contributed by atoms with E-state index in [4.69, 9.17) is 0 Å². The van der Waals surface area contributed by atoms with Gasteiger partial charge >= 0.3 is 0 Å². The van der Waals surface area contributed by atoms with Crippen LogP contribution < -0.4 is 10.2 Å². The lowest BCUT2D eigenvalue weighted by molar-refractivity contribution is 0.0812. The van der Waals surface area contributed by atoms with Crippen LogP contribution >= 0.6 is 0 Å². The summed E-state index contributed by atoms with van der Waals surface area (Å²) in [6.07, 6.45) is 13.2. The summed E-state index contributed by atoms with van der Waals surface area (Å²) in [5.41, 5.74) is 2.98. The Hall–Kier alpha value is -4.28. The number of aryl methyl sites for hydroxylation is 1. The first kappa shape index (κ1) is 28.8. The van der Waals surface area contributed by atoms with E-state index >= 15 is 0 Å². The number of hydrogen-bond donors (Lipinski definition) is 2. The highest BCUT2D eigenvalue weighted by Gasteiger charge is 2.38. The van der Waals surface area contributed by atoms with Gasteiger partial charge in [0.1, 0.15) is 11.6 Å². The first-order valence-electron chi connectivity index (χ1n) is 14.4. The molecule has 1 saturated carbocycles. The summed E-state index contributed by atoms with van der Waals surface area (Å²) in [4.78, 5) is 15.9. The largest absolute Gasteiger partial charge is 0.396 e. The minimum absolute atomic E-state index is 0.122. The molecule has 2 N–H and O–H groups in total. The zero-order chi connectivity index (χ0) is 30.2. The second kappa shape index (κ2) is 11.4. The van der Waals surface area contributed by atoms with Crippen LogP contribution in [0.1, 0.15) is 50.7 Å². The van der Waals surface area contributed by atoms with Crippen LogP contribution in [0, 0.1) is 23.2 Å². The molecule has 13 heteroatoms. The normalized spacial score (nSPS) is 16.1. The van der Waals surface area contributed by atoms with Crippen LogP contribution in [0.25, 0.3) is 11.4 Å². The number of nitrogens with one attached hydrogen (secondary N) is 1. The standard InChI is InChI=1S/C30H35N9O3S/c1-30(2,20-40)24-9-12-38(13-10-24)26-14-28(32-16-22(26)5-4-21-15-33-37(3)18-21)35-27-8-11-31-29(36-27)23-17-34-39(19-23)43(41,42)25-6-7-25/h8,11,14-19,24-25,40H,6-7,9-10,12-13,20H2,1-3H3,(H,31,32,35,36). The van der Waals surface area contributed by atoms with Crippen LogP contribution in [-0.2, 0) is 17.1 Å². The van der Waals surface area contributed by atoms with Crippen LogP contribution in [0.4, 0.5) is 17.3 Å². The second-order valence-corrected chi connectivity index (χ2v) is 14.0. The number of rotatable bonds is 8. The Morgan fingerprint density at radius 3 is 2.51 bits per heavy atom. The highest BCUT2D eigenvalue weighted by Crippen LogP contribution is 2.37. The molecule has 0 bridgehead atoms.